The third-order valence-corrected chi connectivity index (χ3v) is 3.87. The van der Waals surface area contributed by atoms with Crippen molar-refractivity contribution in [3.05, 3.63) is 29.9 Å². The van der Waals surface area contributed by atoms with E-state index in [1.165, 1.54) is 11.3 Å². The molecule has 22 heavy (non-hydrogen) atoms. The lowest BCUT2D eigenvalue weighted by molar-refractivity contribution is 0.187. The van der Waals surface area contributed by atoms with E-state index in [0.29, 0.717) is 18.2 Å². The molecule has 0 radical (unpaired) electrons. The normalized spacial score (nSPS) is 10.5. The average molecular weight is 320 g/mol. The van der Waals surface area contributed by atoms with Crippen molar-refractivity contribution in [3.8, 4) is 11.3 Å². The summed E-state index contributed by atoms with van der Waals surface area (Å²) in [6.07, 6.45) is 5.35. The van der Waals surface area contributed by atoms with Gasteiger partial charge in [-0.2, -0.15) is 0 Å². The number of thiazole rings is 1. The number of aliphatic hydroxyl groups excluding tert-OH is 1. The molecular formula is C15H20N4O2S. The van der Waals surface area contributed by atoms with Gasteiger partial charge < -0.3 is 10.0 Å². The standard InChI is InChI=1S/C15H20N4O2S/c1-2-3-7-19(8-9-20)15(21)18-14-17-13(11-22-14)12-5-4-6-16-10-12/h4-6,10-11,20H,2-3,7-9H2,1H3,(H,17,18,21). The van der Waals surface area contributed by atoms with Crippen LogP contribution in [-0.4, -0.2) is 45.7 Å². The van der Waals surface area contributed by atoms with E-state index in [2.05, 4.69) is 22.2 Å². The van der Waals surface area contributed by atoms with Crippen molar-refractivity contribution in [2.45, 2.75) is 19.8 Å². The van der Waals surface area contributed by atoms with Gasteiger partial charge in [-0.3, -0.25) is 10.3 Å². The first kappa shape index (κ1) is 16.4. The smallest absolute Gasteiger partial charge is 0.323 e. The van der Waals surface area contributed by atoms with E-state index in [4.69, 9.17) is 5.11 Å². The molecule has 2 rings (SSSR count). The van der Waals surface area contributed by atoms with E-state index in [9.17, 15) is 4.79 Å². The highest BCUT2D eigenvalue weighted by Crippen LogP contribution is 2.24. The fourth-order valence-corrected chi connectivity index (χ4v) is 2.64. The number of amides is 2. The number of nitrogens with one attached hydrogen (secondary N) is 1. The van der Waals surface area contributed by atoms with Crippen molar-refractivity contribution in [2.24, 2.45) is 0 Å². The second-order valence-corrected chi connectivity index (χ2v) is 5.63. The number of carbonyl (C=O) groups excluding carboxylic acids is 1. The third-order valence-electron chi connectivity index (χ3n) is 3.11. The van der Waals surface area contributed by atoms with Gasteiger partial charge in [0.2, 0.25) is 0 Å². The van der Waals surface area contributed by atoms with Crippen molar-refractivity contribution in [2.75, 3.05) is 25.0 Å². The Bertz CT molecular complexity index is 588. The lowest BCUT2D eigenvalue weighted by atomic mass is 10.2. The number of unbranched alkanes of at least 4 members (excludes halogenated alkanes) is 1. The van der Waals surface area contributed by atoms with Crippen LogP contribution in [-0.2, 0) is 0 Å². The molecule has 7 heteroatoms. The average Bonchev–Trinajstić information content (AvgIpc) is 3.00. The van der Waals surface area contributed by atoms with E-state index in [1.807, 2.05) is 17.5 Å². The fraction of sp³-hybridized carbons (Fsp3) is 0.400. The highest BCUT2D eigenvalue weighted by molar-refractivity contribution is 7.14. The van der Waals surface area contributed by atoms with Crippen molar-refractivity contribution in [3.63, 3.8) is 0 Å². The molecule has 0 unspecified atom stereocenters. The maximum Gasteiger partial charge on any atom is 0.323 e. The highest BCUT2D eigenvalue weighted by atomic mass is 32.1. The van der Waals surface area contributed by atoms with Crippen LogP contribution in [0.15, 0.2) is 29.9 Å². The lowest BCUT2D eigenvalue weighted by Gasteiger charge is -2.21. The number of hydrogen-bond acceptors (Lipinski definition) is 5. The topological polar surface area (TPSA) is 78.4 Å². The van der Waals surface area contributed by atoms with Gasteiger partial charge >= 0.3 is 6.03 Å². The molecule has 0 aliphatic rings. The third kappa shape index (κ3) is 4.51. The molecule has 0 spiro atoms. The molecule has 0 saturated carbocycles. The molecule has 0 aliphatic heterocycles. The van der Waals surface area contributed by atoms with Gasteiger partial charge in [0, 0.05) is 36.4 Å². The first-order chi connectivity index (χ1) is 10.7. The first-order valence-electron chi connectivity index (χ1n) is 7.27. The van der Waals surface area contributed by atoms with Crippen LogP contribution >= 0.6 is 11.3 Å². The van der Waals surface area contributed by atoms with Crippen LogP contribution in [0.4, 0.5) is 9.93 Å². The minimum absolute atomic E-state index is 0.0457. The Labute approximate surface area is 133 Å². The summed E-state index contributed by atoms with van der Waals surface area (Å²) in [5, 5.41) is 14.3. The molecule has 0 atom stereocenters. The number of aromatic nitrogens is 2. The van der Waals surface area contributed by atoms with Crippen molar-refractivity contribution in [1.82, 2.24) is 14.9 Å². The fourth-order valence-electron chi connectivity index (χ4n) is 1.93. The SMILES string of the molecule is CCCCN(CCO)C(=O)Nc1nc(-c2cccnc2)cs1. The summed E-state index contributed by atoms with van der Waals surface area (Å²) in [5.74, 6) is 0. The Morgan fingerprint density at radius 3 is 3.00 bits per heavy atom. The second-order valence-electron chi connectivity index (χ2n) is 4.77. The Morgan fingerprint density at radius 1 is 1.45 bits per heavy atom. The van der Waals surface area contributed by atoms with E-state index in [1.54, 1.807) is 17.3 Å². The number of anilines is 1. The molecule has 0 bridgehead atoms. The van der Waals surface area contributed by atoms with Crippen molar-refractivity contribution < 1.29 is 9.90 Å². The summed E-state index contributed by atoms with van der Waals surface area (Å²) in [6, 6.07) is 3.54. The zero-order valence-corrected chi connectivity index (χ0v) is 13.3. The summed E-state index contributed by atoms with van der Waals surface area (Å²) >= 11 is 1.37. The van der Waals surface area contributed by atoms with Gasteiger partial charge in [-0.15, -0.1) is 11.3 Å². The van der Waals surface area contributed by atoms with Crippen LogP contribution in [0.2, 0.25) is 0 Å². The maximum atomic E-state index is 12.2. The molecule has 0 fully saturated rings. The summed E-state index contributed by atoms with van der Waals surface area (Å²) in [5.41, 5.74) is 1.70. The Kier molecular flexibility index (Phi) is 6.29. The largest absolute Gasteiger partial charge is 0.395 e. The van der Waals surface area contributed by atoms with Gasteiger partial charge in [0.05, 0.1) is 12.3 Å². The van der Waals surface area contributed by atoms with Crippen LogP contribution < -0.4 is 5.32 Å². The first-order valence-corrected chi connectivity index (χ1v) is 8.15. The molecule has 2 amide bonds. The van der Waals surface area contributed by atoms with Crippen LogP contribution in [0.25, 0.3) is 11.3 Å². The molecule has 0 saturated heterocycles. The summed E-state index contributed by atoms with van der Waals surface area (Å²) in [4.78, 5) is 22.3. The predicted octanol–water partition coefficient (Wildman–Crippen LogP) is 2.83. The van der Waals surface area contributed by atoms with Crippen LogP contribution in [0.5, 0.6) is 0 Å². The second kappa shape index (κ2) is 8.45. The molecule has 2 heterocycles. The summed E-state index contributed by atoms with van der Waals surface area (Å²) in [7, 11) is 0. The minimum Gasteiger partial charge on any atom is -0.395 e. The Hall–Kier alpha value is -1.99. The van der Waals surface area contributed by atoms with Gasteiger partial charge in [0.15, 0.2) is 5.13 Å². The summed E-state index contributed by atoms with van der Waals surface area (Å²) < 4.78 is 0. The van der Waals surface area contributed by atoms with Gasteiger partial charge in [-0.25, -0.2) is 9.78 Å². The monoisotopic (exact) mass is 320 g/mol. The highest BCUT2D eigenvalue weighted by Gasteiger charge is 2.14. The van der Waals surface area contributed by atoms with Crippen LogP contribution in [0.1, 0.15) is 19.8 Å². The number of aliphatic hydroxyl groups is 1. The van der Waals surface area contributed by atoms with Crippen LogP contribution in [0.3, 0.4) is 0 Å². The predicted molar refractivity (Wildman–Crippen MR) is 87.9 cm³/mol. The molecule has 2 N–H and O–H groups in total. The Balaban J connectivity index is 2.00. The number of urea groups is 1. The quantitative estimate of drug-likeness (QED) is 0.822. The summed E-state index contributed by atoms with van der Waals surface area (Å²) in [6.45, 7) is 2.97. The Morgan fingerprint density at radius 2 is 2.32 bits per heavy atom. The van der Waals surface area contributed by atoms with Gasteiger partial charge in [0.1, 0.15) is 0 Å². The number of nitrogens with zero attached hydrogens (tertiary/aromatic N) is 3. The van der Waals surface area contributed by atoms with E-state index in [-0.39, 0.29) is 12.6 Å². The molecule has 0 aromatic carbocycles. The van der Waals surface area contributed by atoms with E-state index < -0.39 is 0 Å². The zero-order chi connectivity index (χ0) is 15.8. The molecule has 2 aromatic heterocycles. The number of hydrogen-bond donors (Lipinski definition) is 2. The van der Waals surface area contributed by atoms with Crippen LogP contribution in [0, 0.1) is 0 Å². The van der Waals surface area contributed by atoms with E-state index in [0.717, 1.165) is 24.1 Å². The molecule has 2 aromatic rings. The van der Waals surface area contributed by atoms with Crippen molar-refractivity contribution >= 4 is 22.5 Å². The van der Waals surface area contributed by atoms with Gasteiger partial charge in [-0.1, -0.05) is 13.3 Å². The molecule has 118 valence electrons. The number of carbonyl (C=O) groups is 1. The maximum absolute atomic E-state index is 12.2. The molecule has 0 aliphatic carbocycles. The lowest BCUT2D eigenvalue weighted by Crippen LogP contribution is -2.37. The molecule has 6 nitrogen and oxygen atoms in total. The van der Waals surface area contributed by atoms with Gasteiger partial charge in [-0.05, 0) is 18.6 Å². The van der Waals surface area contributed by atoms with E-state index >= 15 is 0 Å². The number of pyridine rings is 1. The minimum atomic E-state index is -0.227. The number of rotatable bonds is 7. The molecular weight excluding hydrogens is 300 g/mol. The zero-order valence-electron chi connectivity index (χ0n) is 12.5. The van der Waals surface area contributed by atoms with Crippen molar-refractivity contribution in [1.29, 1.82) is 0 Å². The van der Waals surface area contributed by atoms with Gasteiger partial charge in [0.25, 0.3) is 0 Å².